The van der Waals surface area contributed by atoms with Crippen LogP contribution < -0.4 is 0 Å². The normalized spacial score (nSPS) is 35.9. The summed E-state index contributed by atoms with van der Waals surface area (Å²) in [7, 11) is 1.30. The Hall–Kier alpha value is -0.795. The number of aliphatic imine (C=N–C) groups is 1. The molecule has 17 heavy (non-hydrogen) atoms. The Balaban J connectivity index is 2.94. The lowest BCUT2D eigenvalue weighted by molar-refractivity contribution is -0.173. The fourth-order valence-corrected chi connectivity index (χ4v) is 1.50. The lowest BCUT2D eigenvalue weighted by Crippen LogP contribution is -2.57. The number of amides is 1. The smallest absolute Gasteiger partial charge is 0.293 e. The molecule has 1 saturated heterocycles. The first-order valence-electron chi connectivity index (χ1n) is 5.16. The largest absolute Gasteiger partial charge is 0.413 e. The molecule has 1 aliphatic rings. The molecule has 0 aromatic rings. The topological polar surface area (TPSA) is 109 Å². The van der Waals surface area contributed by atoms with E-state index in [1.807, 2.05) is 0 Å². The zero-order valence-corrected chi connectivity index (χ0v) is 9.61. The van der Waals surface area contributed by atoms with Crippen LogP contribution in [0.4, 0.5) is 0 Å². The fourth-order valence-electron chi connectivity index (χ4n) is 1.50. The first kappa shape index (κ1) is 14.3. The van der Waals surface area contributed by atoms with Crippen LogP contribution in [0.1, 0.15) is 6.92 Å². The van der Waals surface area contributed by atoms with Crippen molar-refractivity contribution in [2.45, 2.75) is 38.3 Å². The molecule has 1 radical (unpaired) electrons. The van der Waals surface area contributed by atoms with Gasteiger partial charge in [0, 0.05) is 6.92 Å². The van der Waals surface area contributed by atoms with Gasteiger partial charge in [-0.1, -0.05) is 6.82 Å². The summed E-state index contributed by atoms with van der Waals surface area (Å²) in [5, 5.41) is 28.3. The molecule has 0 aromatic heterocycles. The van der Waals surface area contributed by atoms with Crippen LogP contribution in [0, 0.1) is 0 Å². The van der Waals surface area contributed by atoms with Gasteiger partial charge in [-0.2, -0.15) is 0 Å². The third-order valence-electron chi connectivity index (χ3n) is 2.27. The van der Waals surface area contributed by atoms with Gasteiger partial charge in [0.15, 0.2) is 6.29 Å². The van der Waals surface area contributed by atoms with Gasteiger partial charge in [-0.05, 0) is 0 Å². The van der Waals surface area contributed by atoms with E-state index in [0.29, 0.717) is 0 Å². The minimum atomic E-state index is -1.41. The zero-order chi connectivity index (χ0) is 13.0. The summed E-state index contributed by atoms with van der Waals surface area (Å²) in [5.41, 5.74) is -0.104. The van der Waals surface area contributed by atoms with Crippen molar-refractivity contribution in [2.24, 2.45) is 4.99 Å². The number of hydrogen-bond donors (Lipinski definition) is 3. The number of aliphatic hydroxyl groups excluding tert-OH is 3. The lowest BCUT2D eigenvalue weighted by atomic mass is 9.98. The molecular weight excluding hydrogens is 229 g/mol. The quantitative estimate of drug-likeness (QED) is 0.500. The molecule has 95 valence electrons. The van der Waals surface area contributed by atoms with E-state index in [-0.39, 0.29) is 5.71 Å². The molecular formula is C9H15BNO6. The second-order valence-electron chi connectivity index (χ2n) is 3.55. The Morgan fingerprint density at radius 3 is 2.71 bits per heavy atom. The van der Waals surface area contributed by atoms with Crippen molar-refractivity contribution < 1.29 is 29.5 Å². The molecule has 3 N–H and O–H groups in total. The maximum absolute atomic E-state index is 10.9. The van der Waals surface area contributed by atoms with Gasteiger partial charge in [-0.15, -0.1) is 0 Å². The first-order valence-corrected chi connectivity index (χ1v) is 5.16. The number of carbonyl (C=O) groups excluding carboxylic acids is 1. The van der Waals surface area contributed by atoms with Gasteiger partial charge in [-0.25, -0.2) is 4.99 Å². The molecule has 0 bridgehead atoms. The van der Waals surface area contributed by atoms with Gasteiger partial charge in [-0.3, -0.25) is 4.79 Å². The van der Waals surface area contributed by atoms with Gasteiger partial charge >= 0.3 is 0 Å². The standard InChI is InChI=1S/C9H15BNO6/c1-4(13)11-6-8(15)7(14)5(3-12)16-9(6)17-10-2/h5,7-9,12,14-15H,3H2,1-2H3/t5-,7+,8-,9+/m1/s1. The molecule has 1 amide bonds. The minimum Gasteiger partial charge on any atom is -0.413 e. The summed E-state index contributed by atoms with van der Waals surface area (Å²) in [4.78, 5) is 14.5. The van der Waals surface area contributed by atoms with Gasteiger partial charge in [0.05, 0.1) is 6.61 Å². The van der Waals surface area contributed by atoms with Crippen LogP contribution in [0.2, 0.25) is 6.82 Å². The van der Waals surface area contributed by atoms with E-state index in [0.717, 1.165) is 0 Å². The van der Waals surface area contributed by atoms with Gasteiger partial charge in [0.25, 0.3) is 7.48 Å². The highest BCUT2D eigenvalue weighted by Gasteiger charge is 2.42. The lowest BCUT2D eigenvalue weighted by Gasteiger charge is -2.37. The van der Waals surface area contributed by atoms with Gasteiger partial charge in [0.1, 0.15) is 24.0 Å². The second kappa shape index (κ2) is 6.22. The van der Waals surface area contributed by atoms with Crippen molar-refractivity contribution in [3.63, 3.8) is 0 Å². The number of aliphatic hydroxyl groups is 3. The summed E-state index contributed by atoms with van der Waals surface area (Å²) in [6.45, 7) is 2.31. The molecule has 0 aliphatic carbocycles. The van der Waals surface area contributed by atoms with Gasteiger partial charge in [0.2, 0.25) is 5.91 Å². The van der Waals surface area contributed by atoms with E-state index in [4.69, 9.17) is 14.5 Å². The molecule has 8 heteroatoms. The molecule has 1 fully saturated rings. The summed E-state index contributed by atoms with van der Waals surface area (Å²) in [6, 6.07) is 0. The highest BCUT2D eigenvalue weighted by atomic mass is 16.7. The summed E-state index contributed by atoms with van der Waals surface area (Å²) in [5.74, 6) is -0.540. The van der Waals surface area contributed by atoms with E-state index >= 15 is 0 Å². The number of ether oxygens (including phenoxy) is 1. The highest BCUT2D eigenvalue weighted by Crippen LogP contribution is 2.19. The summed E-state index contributed by atoms with van der Waals surface area (Å²) >= 11 is 0. The molecule has 7 nitrogen and oxygen atoms in total. The van der Waals surface area contributed by atoms with Crippen LogP contribution in [0.15, 0.2) is 4.99 Å². The number of hydrogen-bond acceptors (Lipinski definition) is 6. The van der Waals surface area contributed by atoms with Crippen molar-refractivity contribution in [1.82, 2.24) is 0 Å². The van der Waals surface area contributed by atoms with Crippen LogP contribution >= 0.6 is 0 Å². The Bertz CT molecular complexity index is 310. The van der Waals surface area contributed by atoms with Crippen molar-refractivity contribution >= 4 is 19.1 Å². The van der Waals surface area contributed by atoms with Crippen LogP contribution in [-0.2, 0) is 14.2 Å². The second-order valence-corrected chi connectivity index (χ2v) is 3.55. The molecule has 0 saturated carbocycles. The summed E-state index contributed by atoms with van der Waals surface area (Å²) < 4.78 is 10.2. The van der Waals surface area contributed by atoms with Gasteiger partial charge < -0.3 is 24.7 Å². The predicted molar refractivity (Wildman–Crippen MR) is 58.6 cm³/mol. The maximum Gasteiger partial charge on any atom is 0.293 e. The summed E-state index contributed by atoms with van der Waals surface area (Å²) in [6.07, 6.45) is -4.83. The van der Waals surface area contributed by atoms with E-state index in [1.165, 1.54) is 14.4 Å². The van der Waals surface area contributed by atoms with Crippen molar-refractivity contribution in [1.29, 1.82) is 0 Å². The van der Waals surface area contributed by atoms with Crippen LogP contribution in [0.25, 0.3) is 0 Å². The van der Waals surface area contributed by atoms with E-state index in [1.54, 1.807) is 6.82 Å². The van der Waals surface area contributed by atoms with Crippen molar-refractivity contribution in [2.75, 3.05) is 6.61 Å². The molecule has 0 spiro atoms. The molecule has 1 rings (SSSR count). The molecule has 4 atom stereocenters. The number of carbonyl (C=O) groups is 1. The molecule has 0 unspecified atom stereocenters. The van der Waals surface area contributed by atoms with Crippen molar-refractivity contribution in [3.8, 4) is 0 Å². The fraction of sp³-hybridized carbons (Fsp3) is 0.778. The molecule has 1 heterocycles. The van der Waals surface area contributed by atoms with E-state index in [9.17, 15) is 15.0 Å². The first-order chi connectivity index (χ1) is 8.01. The van der Waals surface area contributed by atoms with Crippen LogP contribution in [0.3, 0.4) is 0 Å². The monoisotopic (exact) mass is 244 g/mol. The Morgan fingerprint density at radius 2 is 2.24 bits per heavy atom. The van der Waals surface area contributed by atoms with Crippen LogP contribution in [0.5, 0.6) is 0 Å². The Labute approximate surface area is 99.3 Å². The average molecular weight is 244 g/mol. The van der Waals surface area contributed by atoms with Crippen LogP contribution in [-0.4, -0.2) is 65.6 Å². The molecule has 0 aromatic carbocycles. The Morgan fingerprint density at radius 1 is 1.59 bits per heavy atom. The third kappa shape index (κ3) is 3.33. The average Bonchev–Trinajstić information content (AvgIpc) is 2.28. The number of nitrogens with zero attached hydrogens (tertiary/aromatic N) is 1. The number of rotatable bonds is 3. The maximum atomic E-state index is 10.9. The SMILES string of the molecule is C[B]O[C@@H]1O[C@H](CO)[C@H](O)[C@H](O)C1=NC(C)=O. The van der Waals surface area contributed by atoms with Crippen molar-refractivity contribution in [3.05, 3.63) is 0 Å². The highest BCUT2D eigenvalue weighted by molar-refractivity contribution is 6.25. The third-order valence-corrected chi connectivity index (χ3v) is 2.27. The predicted octanol–water partition coefficient (Wildman–Crippen LogP) is -1.90. The Kier molecular flexibility index (Phi) is 5.22. The van der Waals surface area contributed by atoms with E-state index in [2.05, 4.69) is 4.99 Å². The minimum absolute atomic E-state index is 0.104. The van der Waals surface area contributed by atoms with E-state index < -0.39 is 37.1 Å². The molecule has 1 aliphatic heterocycles. The zero-order valence-electron chi connectivity index (χ0n) is 9.61.